The van der Waals surface area contributed by atoms with Gasteiger partial charge in [-0.2, -0.15) is 5.26 Å². The topological polar surface area (TPSA) is 86.5 Å². The van der Waals surface area contributed by atoms with Crippen molar-refractivity contribution >= 4 is 16.8 Å². The normalized spacial score (nSPS) is 20.9. The summed E-state index contributed by atoms with van der Waals surface area (Å²) in [5, 5.41) is 20.6. The summed E-state index contributed by atoms with van der Waals surface area (Å²) in [6, 6.07) is 15.2. The smallest absolute Gasteiger partial charge is 0.255 e. The predicted octanol–water partition coefficient (Wildman–Crippen LogP) is 2.80. The second-order valence-corrected chi connectivity index (χ2v) is 7.88. The molecule has 2 aliphatic heterocycles. The van der Waals surface area contributed by atoms with E-state index in [9.17, 15) is 15.2 Å². The summed E-state index contributed by atoms with van der Waals surface area (Å²) in [7, 11) is 0. The fraction of sp³-hybridized carbons (Fsp3) is 0.292. The third-order valence-electron chi connectivity index (χ3n) is 6.04. The van der Waals surface area contributed by atoms with Crippen molar-refractivity contribution in [2.24, 2.45) is 0 Å². The van der Waals surface area contributed by atoms with Gasteiger partial charge in [-0.25, -0.2) is 0 Å². The van der Waals surface area contributed by atoms with E-state index >= 15 is 0 Å². The maximum absolute atomic E-state index is 13.3. The Bertz CT molecular complexity index is 1180. The summed E-state index contributed by atoms with van der Waals surface area (Å²) in [5.74, 6) is -0.0841. The molecule has 0 spiro atoms. The molecule has 1 N–H and O–H groups in total. The standard InChI is InChI=1S/C24H21N3O3/c25-12-16-4-1-3-15(9-16)10-17-11-19-20(23-18(17)5-2-7-26-23)13-27(24(19)29)21-14-30-8-6-22(21)28/h1-5,7,9,11,21-22,28H,6,8,10,13-14H2. The van der Waals surface area contributed by atoms with E-state index in [1.807, 2.05) is 36.4 Å². The Labute approximate surface area is 174 Å². The summed E-state index contributed by atoms with van der Waals surface area (Å²) in [6.07, 6.45) is 2.30. The van der Waals surface area contributed by atoms with Gasteiger partial charge in [-0.15, -0.1) is 0 Å². The van der Waals surface area contributed by atoms with Gasteiger partial charge >= 0.3 is 0 Å². The zero-order valence-corrected chi connectivity index (χ0v) is 16.4. The SMILES string of the molecule is N#Cc1cccc(Cc2cc3c(c4ncccc24)CN(C2COCCC2O)C3=O)c1. The molecule has 0 bridgehead atoms. The van der Waals surface area contributed by atoms with Gasteiger partial charge in [0.2, 0.25) is 0 Å². The van der Waals surface area contributed by atoms with E-state index in [1.165, 1.54) is 0 Å². The van der Waals surface area contributed by atoms with Crippen LogP contribution in [0.5, 0.6) is 0 Å². The minimum Gasteiger partial charge on any atom is -0.391 e. The van der Waals surface area contributed by atoms with Crippen molar-refractivity contribution in [3.63, 3.8) is 0 Å². The van der Waals surface area contributed by atoms with Crippen LogP contribution in [0.15, 0.2) is 48.7 Å². The number of benzene rings is 2. The average molecular weight is 399 g/mol. The van der Waals surface area contributed by atoms with Crippen molar-refractivity contribution in [3.8, 4) is 6.07 Å². The van der Waals surface area contributed by atoms with E-state index in [1.54, 1.807) is 17.2 Å². The van der Waals surface area contributed by atoms with Crippen LogP contribution >= 0.6 is 0 Å². The molecule has 1 aromatic heterocycles. The van der Waals surface area contributed by atoms with Gasteiger partial charge in [0.05, 0.1) is 35.9 Å². The van der Waals surface area contributed by atoms with Gasteiger partial charge in [-0.05, 0) is 48.2 Å². The quantitative estimate of drug-likeness (QED) is 0.732. The van der Waals surface area contributed by atoms with Crippen LogP contribution in [0, 0.1) is 11.3 Å². The molecule has 2 unspecified atom stereocenters. The third kappa shape index (κ3) is 3.13. The highest BCUT2D eigenvalue weighted by molar-refractivity contribution is 6.04. The summed E-state index contributed by atoms with van der Waals surface area (Å²) in [6.45, 7) is 1.29. The molecule has 1 saturated heterocycles. The number of rotatable bonds is 3. The number of aromatic nitrogens is 1. The van der Waals surface area contributed by atoms with Gasteiger partial charge in [-0.1, -0.05) is 18.2 Å². The molecule has 1 fully saturated rings. The van der Waals surface area contributed by atoms with Gasteiger partial charge in [0.1, 0.15) is 0 Å². The van der Waals surface area contributed by atoms with Crippen LogP contribution in [0.2, 0.25) is 0 Å². The van der Waals surface area contributed by atoms with E-state index in [2.05, 4.69) is 11.1 Å². The van der Waals surface area contributed by atoms with Crippen LogP contribution in [0.25, 0.3) is 10.9 Å². The van der Waals surface area contributed by atoms with Gasteiger partial charge in [-0.3, -0.25) is 9.78 Å². The van der Waals surface area contributed by atoms with Crippen molar-refractivity contribution in [1.82, 2.24) is 9.88 Å². The first-order chi connectivity index (χ1) is 14.7. The number of carbonyl (C=O) groups is 1. The number of carbonyl (C=O) groups excluding carboxylic acids is 1. The number of nitriles is 1. The lowest BCUT2D eigenvalue weighted by molar-refractivity contribution is -0.0528. The lowest BCUT2D eigenvalue weighted by atomic mass is 9.94. The average Bonchev–Trinajstić information content (AvgIpc) is 3.11. The van der Waals surface area contributed by atoms with Crippen LogP contribution in [0.1, 0.15) is 39.0 Å². The Morgan fingerprint density at radius 1 is 1.27 bits per heavy atom. The fourth-order valence-corrected chi connectivity index (χ4v) is 4.51. The second-order valence-electron chi connectivity index (χ2n) is 7.88. The molecule has 3 heterocycles. The molecule has 2 aliphatic rings. The first-order valence-electron chi connectivity index (χ1n) is 10.1. The highest BCUT2D eigenvalue weighted by atomic mass is 16.5. The first-order valence-corrected chi connectivity index (χ1v) is 10.1. The van der Waals surface area contributed by atoms with E-state index in [-0.39, 0.29) is 11.9 Å². The molecule has 0 aliphatic carbocycles. The Morgan fingerprint density at radius 2 is 2.17 bits per heavy atom. The largest absolute Gasteiger partial charge is 0.391 e. The van der Waals surface area contributed by atoms with E-state index in [0.29, 0.717) is 43.7 Å². The Morgan fingerprint density at radius 3 is 3.00 bits per heavy atom. The van der Waals surface area contributed by atoms with Crippen LogP contribution in [0.3, 0.4) is 0 Å². The molecule has 2 aromatic carbocycles. The van der Waals surface area contributed by atoms with Crippen LogP contribution in [-0.4, -0.2) is 46.3 Å². The van der Waals surface area contributed by atoms with Crippen LogP contribution in [0.4, 0.5) is 0 Å². The van der Waals surface area contributed by atoms with Crippen molar-refractivity contribution < 1.29 is 14.6 Å². The number of pyridine rings is 1. The highest BCUT2D eigenvalue weighted by Gasteiger charge is 2.39. The number of hydrogen-bond donors (Lipinski definition) is 1. The lowest BCUT2D eigenvalue weighted by Crippen LogP contribution is -2.49. The molecular weight excluding hydrogens is 378 g/mol. The molecule has 150 valence electrons. The molecule has 1 amide bonds. The third-order valence-corrected chi connectivity index (χ3v) is 6.04. The summed E-state index contributed by atoms with van der Waals surface area (Å²) in [4.78, 5) is 19.6. The minimum absolute atomic E-state index is 0.0841. The number of nitrogens with zero attached hydrogens (tertiary/aromatic N) is 3. The Hall–Kier alpha value is -3.27. The molecule has 5 rings (SSSR count). The van der Waals surface area contributed by atoms with Crippen LogP contribution in [-0.2, 0) is 17.7 Å². The maximum Gasteiger partial charge on any atom is 0.255 e. The molecule has 30 heavy (non-hydrogen) atoms. The van der Waals surface area contributed by atoms with Gasteiger partial charge < -0.3 is 14.7 Å². The summed E-state index contributed by atoms with van der Waals surface area (Å²) >= 11 is 0. The maximum atomic E-state index is 13.3. The summed E-state index contributed by atoms with van der Waals surface area (Å²) < 4.78 is 5.53. The monoisotopic (exact) mass is 399 g/mol. The molecule has 0 saturated carbocycles. The highest BCUT2D eigenvalue weighted by Crippen LogP contribution is 2.34. The fourth-order valence-electron chi connectivity index (χ4n) is 4.51. The van der Waals surface area contributed by atoms with E-state index in [4.69, 9.17) is 4.74 Å². The van der Waals surface area contributed by atoms with Crippen molar-refractivity contribution in [2.75, 3.05) is 13.2 Å². The van der Waals surface area contributed by atoms with E-state index < -0.39 is 6.10 Å². The zero-order valence-electron chi connectivity index (χ0n) is 16.4. The molecule has 6 heteroatoms. The number of aliphatic hydroxyl groups is 1. The van der Waals surface area contributed by atoms with Gasteiger partial charge in [0, 0.05) is 35.9 Å². The molecule has 0 radical (unpaired) electrons. The van der Waals surface area contributed by atoms with E-state index in [0.717, 1.165) is 27.6 Å². The molecule has 2 atom stereocenters. The zero-order chi connectivity index (χ0) is 20.7. The van der Waals surface area contributed by atoms with Gasteiger partial charge in [0.25, 0.3) is 5.91 Å². The molecule has 3 aromatic rings. The second kappa shape index (κ2) is 7.52. The summed E-state index contributed by atoms with van der Waals surface area (Å²) in [5.41, 5.74) is 5.00. The minimum atomic E-state index is -0.579. The predicted molar refractivity (Wildman–Crippen MR) is 111 cm³/mol. The Kier molecular flexibility index (Phi) is 4.70. The van der Waals surface area contributed by atoms with Crippen molar-refractivity contribution in [2.45, 2.75) is 31.5 Å². The molecule has 6 nitrogen and oxygen atoms in total. The number of ether oxygens (including phenoxy) is 1. The van der Waals surface area contributed by atoms with Crippen LogP contribution < -0.4 is 0 Å². The number of fused-ring (bicyclic) bond motifs is 3. The molecular formula is C24H21N3O3. The number of amides is 1. The number of aliphatic hydroxyl groups excluding tert-OH is 1. The first kappa shape index (κ1) is 18.7. The van der Waals surface area contributed by atoms with Crippen molar-refractivity contribution in [3.05, 3.63) is 76.5 Å². The van der Waals surface area contributed by atoms with Crippen molar-refractivity contribution in [1.29, 1.82) is 5.26 Å². The lowest BCUT2D eigenvalue weighted by Gasteiger charge is -2.34. The Balaban J connectivity index is 1.57. The van der Waals surface area contributed by atoms with Gasteiger partial charge in [0.15, 0.2) is 0 Å². The number of hydrogen-bond acceptors (Lipinski definition) is 5.